The van der Waals surface area contributed by atoms with Gasteiger partial charge in [0.2, 0.25) is 0 Å². The van der Waals surface area contributed by atoms with Crippen molar-refractivity contribution in [3.63, 3.8) is 0 Å². The number of likely N-dealkylation sites (N-methyl/N-ethyl adjacent to an activating group) is 1. The smallest absolute Gasteiger partial charge is 0.148 e. The summed E-state index contributed by atoms with van der Waals surface area (Å²) in [5.41, 5.74) is 5.34. The van der Waals surface area contributed by atoms with Crippen molar-refractivity contribution in [2.75, 3.05) is 18.9 Å². The number of hydrogen-bond acceptors (Lipinski definition) is 5. The molecule has 1 aliphatic rings. The zero-order chi connectivity index (χ0) is 21.4. The fraction of sp³-hybridized carbons (Fsp3) is 0.261. The van der Waals surface area contributed by atoms with Crippen molar-refractivity contribution in [1.29, 1.82) is 0 Å². The van der Waals surface area contributed by atoms with Crippen LogP contribution in [0.3, 0.4) is 0 Å². The maximum atomic E-state index is 13.1. The first kappa shape index (κ1) is 19.3. The highest BCUT2D eigenvalue weighted by Gasteiger charge is 2.19. The number of nitrogens with one attached hydrogen (secondary N) is 2. The number of aromatic nitrogens is 4. The molecule has 0 spiro atoms. The van der Waals surface area contributed by atoms with Crippen LogP contribution in [0, 0.1) is 5.82 Å². The van der Waals surface area contributed by atoms with Crippen LogP contribution in [-0.2, 0) is 20.0 Å². The Hall–Kier alpha value is -3.68. The van der Waals surface area contributed by atoms with Gasteiger partial charge in [0.1, 0.15) is 17.3 Å². The predicted molar refractivity (Wildman–Crippen MR) is 120 cm³/mol. The van der Waals surface area contributed by atoms with Gasteiger partial charge in [0.15, 0.2) is 0 Å². The second-order valence-electron chi connectivity index (χ2n) is 7.99. The monoisotopic (exact) mass is 417 g/mol. The maximum absolute atomic E-state index is 13.1. The first-order valence-corrected chi connectivity index (χ1v) is 10.3. The summed E-state index contributed by atoms with van der Waals surface area (Å²) in [6, 6.07) is 10.8. The van der Waals surface area contributed by atoms with Gasteiger partial charge >= 0.3 is 0 Å². The second-order valence-corrected chi connectivity index (χ2v) is 7.99. The largest absolute Gasteiger partial charge is 0.365 e. The number of hydrazone groups is 1. The molecule has 0 aliphatic carbocycles. The Labute approximate surface area is 179 Å². The van der Waals surface area contributed by atoms with Gasteiger partial charge in [-0.3, -0.25) is 9.69 Å². The molecule has 31 heavy (non-hydrogen) atoms. The molecule has 4 heterocycles. The molecule has 0 radical (unpaired) electrons. The highest BCUT2D eigenvalue weighted by atomic mass is 19.1. The molecule has 7 nitrogen and oxygen atoms in total. The average molecular weight is 417 g/mol. The minimum atomic E-state index is -0.229. The molecule has 0 fully saturated rings. The van der Waals surface area contributed by atoms with Crippen molar-refractivity contribution in [1.82, 2.24) is 24.8 Å². The van der Waals surface area contributed by atoms with Crippen LogP contribution in [0.2, 0.25) is 0 Å². The van der Waals surface area contributed by atoms with Gasteiger partial charge in [-0.05, 0) is 34.9 Å². The van der Waals surface area contributed by atoms with Gasteiger partial charge in [-0.25, -0.2) is 9.37 Å². The fourth-order valence-corrected chi connectivity index (χ4v) is 3.94. The first-order valence-electron chi connectivity index (χ1n) is 10.3. The van der Waals surface area contributed by atoms with E-state index in [1.807, 2.05) is 42.4 Å². The third-order valence-electron chi connectivity index (χ3n) is 5.71. The quantitative estimate of drug-likeness (QED) is 0.502. The minimum absolute atomic E-state index is 0.229. The number of aryl methyl sites for hydroxylation is 1. The fourth-order valence-electron chi connectivity index (χ4n) is 3.94. The van der Waals surface area contributed by atoms with Crippen LogP contribution in [0.25, 0.3) is 11.0 Å². The van der Waals surface area contributed by atoms with Crippen molar-refractivity contribution in [3.8, 4) is 0 Å². The van der Waals surface area contributed by atoms with E-state index in [1.165, 1.54) is 23.3 Å². The number of nitrogens with zero attached hydrogens (tertiary/aromatic N) is 5. The van der Waals surface area contributed by atoms with Crippen molar-refractivity contribution < 1.29 is 4.39 Å². The number of anilines is 1. The van der Waals surface area contributed by atoms with E-state index < -0.39 is 0 Å². The van der Waals surface area contributed by atoms with E-state index in [0.29, 0.717) is 6.54 Å². The normalized spacial score (nSPS) is 15.8. The number of halogens is 1. The molecule has 1 unspecified atom stereocenters. The molecule has 158 valence electrons. The van der Waals surface area contributed by atoms with E-state index in [-0.39, 0.29) is 11.7 Å². The topological polar surface area (TPSA) is 74.1 Å². The molecule has 0 bridgehead atoms. The van der Waals surface area contributed by atoms with Crippen molar-refractivity contribution in [3.05, 3.63) is 77.0 Å². The zero-order valence-corrected chi connectivity index (χ0v) is 17.5. The molecule has 8 heteroatoms. The van der Waals surface area contributed by atoms with Gasteiger partial charge < -0.3 is 10.3 Å². The SMILES string of the molecule is CN1CC(c2cnc3[nH]cc(Cc4cc(NCc5ccc(F)cc5)nn4C)c3c2)C=N1. The minimum Gasteiger partial charge on any atom is -0.365 e. The molecule has 4 aromatic rings. The van der Waals surface area contributed by atoms with Gasteiger partial charge in [0.25, 0.3) is 0 Å². The summed E-state index contributed by atoms with van der Waals surface area (Å²) in [5, 5.41) is 15.3. The van der Waals surface area contributed by atoms with E-state index in [4.69, 9.17) is 0 Å². The Morgan fingerprint density at radius 3 is 2.81 bits per heavy atom. The lowest BCUT2D eigenvalue weighted by atomic mass is 10.0. The number of H-pyrrole nitrogens is 1. The molecule has 5 rings (SSSR count). The molecule has 2 N–H and O–H groups in total. The van der Waals surface area contributed by atoms with Crippen LogP contribution in [0.1, 0.15) is 28.3 Å². The zero-order valence-electron chi connectivity index (χ0n) is 17.5. The van der Waals surface area contributed by atoms with Gasteiger partial charge in [-0.1, -0.05) is 12.1 Å². The summed E-state index contributed by atoms with van der Waals surface area (Å²) < 4.78 is 15.0. The van der Waals surface area contributed by atoms with E-state index in [0.717, 1.165) is 41.1 Å². The van der Waals surface area contributed by atoms with Crippen molar-refractivity contribution in [2.24, 2.45) is 12.1 Å². The Bertz CT molecular complexity index is 1240. The summed E-state index contributed by atoms with van der Waals surface area (Å²) in [6.07, 6.45) is 6.68. The summed E-state index contributed by atoms with van der Waals surface area (Å²) in [4.78, 5) is 7.89. The lowest BCUT2D eigenvalue weighted by Crippen LogP contribution is -2.12. The predicted octanol–water partition coefficient (Wildman–Crippen LogP) is 3.65. The van der Waals surface area contributed by atoms with E-state index >= 15 is 0 Å². The summed E-state index contributed by atoms with van der Waals surface area (Å²) in [6.45, 7) is 1.46. The second kappa shape index (κ2) is 7.86. The van der Waals surface area contributed by atoms with Crippen LogP contribution in [0.5, 0.6) is 0 Å². The number of pyridine rings is 1. The molecular formula is C23H24FN7. The van der Waals surface area contributed by atoms with Crippen LogP contribution in [0.4, 0.5) is 10.2 Å². The Morgan fingerprint density at radius 2 is 2.03 bits per heavy atom. The highest BCUT2D eigenvalue weighted by molar-refractivity contribution is 5.82. The number of hydrogen-bond donors (Lipinski definition) is 2. The number of fused-ring (bicyclic) bond motifs is 1. The molecular weight excluding hydrogens is 393 g/mol. The Balaban J connectivity index is 1.33. The van der Waals surface area contributed by atoms with E-state index in [9.17, 15) is 4.39 Å². The van der Waals surface area contributed by atoms with E-state index in [1.54, 1.807) is 12.1 Å². The summed E-state index contributed by atoms with van der Waals surface area (Å²) in [7, 11) is 3.93. The average Bonchev–Trinajstić information content (AvgIpc) is 3.47. The molecule has 0 amide bonds. The first-order chi connectivity index (χ1) is 15.0. The van der Waals surface area contributed by atoms with Crippen LogP contribution in [0.15, 0.2) is 53.9 Å². The lowest BCUT2D eigenvalue weighted by molar-refractivity contribution is 0.381. The highest BCUT2D eigenvalue weighted by Crippen LogP contribution is 2.26. The molecule has 0 saturated carbocycles. The van der Waals surface area contributed by atoms with Gasteiger partial charge in [-0.15, -0.1) is 0 Å². The molecule has 3 aromatic heterocycles. The Morgan fingerprint density at radius 1 is 1.19 bits per heavy atom. The van der Waals surface area contributed by atoms with Crippen molar-refractivity contribution in [2.45, 2.75) is 18.9 Å². The van der Waals surface area contributed by atoms with Gasteiger partial charge in [0, 0.05) is 75.3 Å². The third kappa shape index (κ3) is 4.01. The van der Waals surface area contributed by atoms with Crippen LogP contribution in [-0.4, -0.2) is 44.6 Å². The third-order valence-corrected chi connectivity index (χ3v) is 5.71. The summed E-state index contributed by atoms with van der Waals surface area (Å²) >= 11 is 0. The lowest BCUT2D eigenvalue weighted by Gasteiger charge is -2.10. The van der Waals surface area contributed by atoms with Gasteiger partial charge in [-0.2, -0.15) is 10.2 Å². The molecule has 1 aliphatic heterocycles. The Kier molecular flexibility index (Phi) is 4.89. The van der Waals surface area contributed by atoms with Gasteiger partial charge in [0.05, 0.1) is 0 Å². The number of benzene rings is 1. The molecule has 0 saturated heterocycles. The van der Waals surface area contributed by atoms with Crippen LogP contribution < -0.4 is 5.32 Å². The molecule has 1 aromatic carbocycles. The number of rotatable bonds is 6. The summed E-state index contributed by atoms with van der Waals surface area (Å²) in [5.74, 6) is 0.835. The van der Waals surface area contributed by atoms with Crippen LogP contribution >= 0.6 is 0 Å². The van der Waals surface area contributed by atoms with Crippen molar-refractivity contribution >= 4 is 23.1 Å². The number of aromatic amines is 1. The molecule has 1 atom stereocenters. The van der Waals surface area contributed by atoms with E-state index in [2.05, 4.69) is 37.6 Å². The maximum Gasteiger partial charge on any atom is 0.148 e. The standard InChI is InChI=1S/C23H24FN7/c1-30-14-18(13-28-30)16-8-21-17(12-27-23(21)26-11-16)7-20-9-22(29-31(20)2)25-10-15-3-5-19(24)6-4-15/h3-6,8-9,11-13,18H,7,10,14H2,1-2H3,(H,25,29)(H,26,27).